The number of amides is 1. The number of aromatic nitrogens is 2. The molecule has 1 amide bonds. The minimum atomic E-state index is -0.631. The molecule has 0 fully saturated rings. The summed E-state index contributed by atoms with van der Waals surface area (Å²) in [5, 5.41) is 2.64. The number of nitrogens with zero attached hydrogens (tertiary/aromatic N) is 2. The molecule has 2 aromatic rings. The fraction of sp³-hybridized carbons (Fsp3) is 0.250. The summed E-state index contributed by atoms with van der Waals surface area (Å²) in [6.45, 7) is 1.92. The van der Waals surface area contributed by atoms with E-state index in [0.717, 1.165) is 5.69 Å². The molecule has 2 rings (SSSR count). The summed E-state index contributed by atoms with van der Waals surface area (Å²) in [6.07, 6.45) is 1.64. The molecule has 94 valence electrons. The number of hydrogen-bond acceptors (Lipinski definition) is 4. The van der Waals surface area contributed by atoms with Crippen LogP contribution in [0.2, 0.25) is 0 Å². The van der Waals surface area contributed by atoms with Crippen molar-refractivity contribution in [3.05, 3.63) is 51.8 Å². The number of hydrogen-bond donors (Lipinski definition) is 1. The van der Waals surface area contributed by atoms with Crippen LogP contribution in [-0.4, -0.2) is 15.6 Å². The van der Waals surface area contributed by atoms with E-state index < -0.39 is 11.5 Å². The molecule has 0 radical (unpaired) electrons. The molecular weight excluding hydrogens is 234 g/mol. The highest BCUT2D eigenvalue weighted by Gasteiger charge is 2.19. The van der Waals surface area contributed by atoms with Crippen molar-refractivity contribution in [2.45, 2.75) is 13.5 Å². The van der Waals surface area contributed by atoms with E-state index in [1.165, 1.54) is 4.74 Å². The van der Waals surface area contributed by atoms with Crippen molar-refractivity contribution in [3.8, 4) is 0 Å². The number of pyridine rings is 1. The Kier molecular flexibility index (Phi) is 3.27. The number of aryl methyl sites for hydroxylation is 1. The van der Waals surface area contributed by atoms with Gasteiger partial charge in [0.1, 0.15) is 5.56 Å². The van der Waals surface area contributed by atoms with E-state index in [2.05, 4.69) is 10.3 Å². The standard InChI is InChI=1S/C12H13N3O3/c1-8-10(12(17)18-15(8)2)11(16)14-7-9-5-3-4-6-13-9/h3-6H,7H2,1-2H3,(H,14,16). The zero-order valence-corrected chi connectivity index (χ0v) is 10.1. The Labute approximate surface area is 103 Å². The van der Waals surface area contributed by atoms with Crippen molar-refractivity contribution in [1.29, 1.82) is 0 Å². The van der Waals surface area contributed by atoms with E-state index >= 15 is 0 Å². The largest absolute Gasteiger partial charge is 0.370 e. The van der Waals surface area contributed by atoms with Gasteiger partial charge in [-0.2, -0.15) is 0 Å². The van der Waals surface area contributed by atoms with Crippen molar-refractivity contribution in [1.82, 2.24) is 15.0 Å². The average Bonchev–Trinajstić information content (AvgIpc) is 2.62. The van der Waals surface area contributed by atoms with Crippen LogP contribution in [0.1, 0.15) is 21.7 Å². The maximum Gasteiger partial charge on any atom is 0.370 e. The maximum atomic E-state index is 11.9. The molecule has 6 nitrogen and oxygen atoms in total. The lowest BCUT2D eigenvalue weighted by Gasteiger charge is -2.02. The second kappa shape index (κ2) is 4.87. The number of nitrogens with one attached hydrogen (secondary N) is 1. The van der Waals surface area contributed by atoms with Crippen LogP contribution in [0.3, 0.4) is 0 Å². The van der Waals surface area contributed by atoms with Crippen LogP contribution >= 0.6 is 0 Å². The van der Waals surface area contributed by atoms with Crippen molar-refractivity contribution in [2.24, 2.45) is 7.05 Å². The molecule has 0 aliphatic rings. The monoisotopic (exact) mass is 247 g/mol. The fourth-order valence-corrected chi connectivity index (χ4v) is 1.56. The number of carbonyl (C=O) groups is 1. The Morgan fingerprint density at radius 3 is 2.83 bits per heavy atom. The van der Waals surface area contributed by atoms with Gasteiger partial charge in [0.15, 0.2) is 0 Å². The smallest absolute Gasteiger partial charge is 0.346 e. The summed E-state index contributed by atoms with van der Waals surface area (Å²) in [5.74, 6) is -0.451. The Hall–Kier alpha value is -2.37. The number of rotatable bonds is 3. The zero-order valence-electron chi connectivity index (χ0n) is 10.1. The molecule has 0 bridgehead atoms. The van der Waals surface area contributed by atoms with Gasteiger partial charge >= 0.3 is 5.63 Å². The lowest BCUT2D eigenvalue weighted by Crippen LogP contribution is -2.27. The van der Waals surface area contributed by atoms with E-state index in [0.29, 0.717) is 5.69 Å². The highest BCUT2D eigenvalue weighted by atomic mass is 16.5. The van der Waals surface area contributed by atoms with Crippen molar-refractivity contribution in [2.75, 3.05) is 0 Å². The van der Waals surface area contributed by atoms with Crippen LogP contribution in [0.5, 0.6) is 0 Å². The Bertz CT molecular complexity index is 613. The van der Waals surface area contributed by atoms with Gasteiger partial charge in [0, 0.05) is 13.2 Å². The predicted octanol–water partition coefficient (Wildman–Crippen LogP) is 0.612. The van der Waals surface area contributed by atoms with Gasteiger partial charge in [-0.25, -0.2) is 9.53 Å². The van der Waals surface area contributed by atoms with Gasteiger partial charge in [0.25, 0.3) is 5.91 Å². The minimum Gasteiger partial charge on any atom is -0.346 e. The normalized spacial score (nSPS) is 10.3. The molecule has 0 aromatic carbocycles. The van der Waals surface area contributed by atoms with Crippen molar-refractivity contribution >= 4 is 5.91 Å². The Morgan fingerprint density at radius 2 is 2.28 bits per heavy atom. The highest BCUT2D eigenvalue weighted by molar-refractivity contribution is 5.94. The van der Waals surface area contributed by atoms with Gasteiger partial charge in [-0.05, 0) is 19.1 Å². The Morgan fingerprint density at radius 1 is 1.50 bits per heavy atom. The molecule has 2 heterocycles. The summed E-state index contributed by atoms with van der Waals surface area (Å²) in [4.78, 5) is 27.4. The molecule has 0 saturated carbocycles. The average molecular weight is 247 g/mol. The quantitative estimate of drug-likeness (QED) is 0.862. The molecule has 0 aliphatic heterocycles. The summed E-state index contributed by atoms with van der Waals surface area (Å²) in [6, 6.07) is 5.42. The van der Waals surface area contributed by atoms with E-state index in [-0.39, 0.29) is 12.1 Å². The van der Waals surface area contributed by atoms with Crippen LogP contribution in [0.25, 0.3) is 0 Å². The predicted molar refractivity (Wildman–Crippen MR) is 64.1 cm³/mol. The van der Waals surface area contributed by atoms with Crippen LogP contribution in [-0.2, 0) is 13.6 Å². The Balaban J connectivity index is 2.11. The van der Waals surface area contributed by atoms with E-state index in [1.807, 2.05) is 6.07 Å². The van der Waals surface area contributed by atoms with E-state index in [1.54, 1.807) is 32.3 Å². The first kappa shape index (κ1) is 12.1. The molecule has 6 heteroatoms. The van der Waals surface area contributed by atoms with Crippen molar-refractivity contribution in [3.63, 3.8) is 0 Å². The van der Waals surface area contributed by atoms with E-state index in [4.69, 9.17) is 4.52 Å². The first-order valence-corrected chi connectivity index (χ1v) is 5.44. The molecule has 1 N–H and O–H groups in total. The molecule has 0 unspecified atom stereocenters. The lowest BCUT2D eigenvalue weighted by atomic mass is 10.2. The molecule has 0 aliphatic carbocycles. The molecular formula is C12H13N3O3. The second-order valence-corrected chi connectivity index (χ2v) is 3.84. The molecule has 0 spiro atoms. The van der Waals surface area contributed by atoms with Crippen LogP contribution in [0, 0.1) is 6.92 Å². The summed E-state index contributed by atoms with van der Waals surface area (Å²) >= 11 is 0. The van der Waals surface area contributed by atoms with Crippen molar-refractivity contribution < 1.29 is 9.32 Å². The zero-order chi connectivity index (χ0) is 13.1. The minimum absolute atomic E-state index is 0.0356. The second-order valence-electron chi connectivity index (χ2n) is 3.84. The van der Waals surface area contributed by atoms with Gasteiger partial charge in [-0.3, -0.25) is 9.78 Å². The third-order valence-electron chi connectivity index (χ3n) is 2.64. The van der Waals surface area contributed by atoms with Crippen LogP contribution in [0.15, 0.2) is 33.7 Å². The van der Waals surface area contributed by atoms with Crippen LogP contribution in [0.4, 0.5) is 0 Å². The molecule has 0 atom stereocenters. The lowest BCUT2D eigenvalue weighted by molar-refractivity contribution is 0.0947. The van der Waals surface area contributed by atoms with Gasteiger partial charge < -0.3 is 9.84 Å². The van der Waals surface area contributed by atoms with Gasteiger partial charge in [-0.15, -0.1) is 0 Å². The fourth-order valence-electron chi connectivity index (χ4n) is 1.56. The van der Waals surface area contributed by atoms with Gasteiger partial charge in [0.2, 0.25) is 0 Å². The maximum absolute atomic E-state index is 11.9. The third-order valence-corrected chi connectivity index (χ3v) is 2.64. The third kappa shape index (κ3) is 2.32. The topological polar surface area (TPSA) is 77.1 Å². The summed E-state index contributed by atoms with van der Waals surface area (Å²) in [7, 11) is 1.58. The van der Waals surface area contributed by atoms with Gasteiger partial charge in [-0.1, -0.05) is 6.07 Å². The first-order chi connectivity index (χ1) is 8.59. The van der Waals surface area contributed by atoms with E-state index in [9.17, 15) is 9.59 Å². The molecule has 18 heavy (non-hydrogen) atoms. The summed E-state index contributed by atoms with van der Waals surface area (Å²) in [5.41, 5.74) is 0.629. The molecule has 2 aromatic heterocycles. The first-order valence-electron chi connectivity index (χ1n) is 5.44. The van der Waals surface area contributed by atoms with Gasteiger partial charge in [0.05, 0.1) is 17.9 Å². The summed E-state index contributed by atoms with van der Waals surface area (Å²) < 4.78 is 6.08. The van der Waals surface area contributed by atoms with Crippen LogP contribution < -0.4 is 10.9 Å². The number of carbonyl (C=O) groups excluding carboxylic acids is 1. The highest BCUT2D eigenvalue weighted by Crippen LogP contribution is 2.02. The molecule has 0 saturated heterocycles. The SMILES string of the molecule is Cc1c(C(=O)NCc2ccccn2)c(=O)on1C.